The van der Waals surface area contributed by atoms with Crippen LogP contribution >= 0.6 is 0 Å². The molecule has 1 heterocycles. The number of aliphatic carboxylic acids is 1. The van der Waals surface area contributed by atoms with Crippen molar-refractivity contribution in [3.05, 3.63) is 23.5 Å². The van der Waals surface area contributed by atoms with Gasteiger partial charge in [-0.2, -0.15) is 0 Å². The lowest BCUT2D eigenvalue weighted by Gasteiger charge is -2.25. The molecule has 0 bridgehead atoms. The van der Waals surface area contributed by atoms with Crippen LogP contribution in [0, 0.1) is 0 Å². The Kier molecular flexibility index (Phi) is 4.47. The molecule has 1 rings (SSSR count). The van der Waals surface area contributed by atoms with E-state index >= 15 is 0 Å². The maximum atomic E-state index is 12.0. The highest BCUT2D eigenvalue weighted by atomic mass is 16.4. The molecule has 0 aliphatic heterocycles. The van der Waals surface area contributed by atoms with Crippen molar-refractivity contribution in [2.75, 3.05) is 0 Å². The molecule has 6 nitrogen and oxygen atoms in total. The van der Waals surface area contributed by atoms with Gasteiger partial charge >= 0.3 is 5.97 Å². The maximum Gasteiger partial charge on any atom is 0.329 e. The van der Waals surface area contributed by atoms with Gasteiger partial charge in [-0.3, -0.25) is 9.59 Å². The molecular formula is C13H18N2O4. The van der Waals surface area contributed by atoms with Gasteiger partial charge in [0.2, 0.25) is 0 Å². The summed E-state index contributed by atoms with van der Waals surface area (Å²) in [5.74, 6) is -1.78. The van der Waals surface area contributed by atoms with Crippen molar-refractivity contribution in [2.45, 2.75) is 39.2 Å². The summed E-state index contributed by atoms with van der Waals surface area (Å²) >= 11 is 0. The lowest BCUT2D eigenvalue weighted by Crippen LogP contribution is -2.52. The summed E-state index contributed by atoms with van der Waals surface area (Å²) < 4.78 is 0. The number of carbonyl (C=O) groups is 3. The van der Waals surface area contributed by atoms with Crippen LogP contribution in [0.1, 0.15) is 54.5 Å². The topological polar surface area (TPSA) is 99.3 Å². The highest BCUT2D eigenvalue weighted by molar-refractivity contribution is 6.00. The lowest BCUT2D eigenvalue weighted by molar-refractivity contribution is -0.144. The molecule has 0 saturated carbocycles. The number of amides is 1. The molecule has 1 atom stereocenters. The molecule has 3 N–H and O–H groups in total. The minimum Gasteiger partial charge on any atom is -0.480 e. The van der Waals surface area contributed by atoms with Crippen LogP contribution in [0.15, 0.2) is 12.3 Å². The van der Waals surface area contributed by atoms with Gasteiger partial charge < -0.3 is 15.4 Å². The van der Waals surface area contributed by atoms with Gasteiger partial charge in [-0.1, -0.05) is 13.3 Å². The van der Waals surface area contributed by atoms with Gasteiger partial charge in [0.1, 0.15) is 11.2 Å². The standard InChI is InChI=1S/C13H18N2O4/c1-4-5-13(3,12(18)19)15-11(17)10-6-9(7-14-10)8(2)16/h6-7,14H,4-5H2,1-3H3,(H,15,17)(H,18,19). The van der Waals surface area contributed by atoms with Gasteiger partial charge in [0, 0.05) is 11.8 Å². The molecule has 19 heavy (non-hydrogen) atoms. The summed E-state index contributed by atoms with van der Waals surface area (Å²) in [5.41, 5.74) is -0.751. The number of ketones is 1. The number of Topliss-reactive ketones (excluding diaryl/α,β-unsaturated/α-hetero) is 1. The first-order chi connectivity index (χ1) is 8.80. The zero-order chi connectivity index (χ0) is 14.6. The number of aromatic amines is 1. The SMILES string of the molecule is CCCC(C)(NC(=O)c1cc(C(C)=O)c[nH]1)C(=O)O. The first-order valence-corrected chi connectivity index (χ1v) is 6.05. The maximum absolute atomic E-state index is 12.0. The normalized spacial score (nSPS) is 13.6. The second-order valence-corrected chi connectivity index (χ2v) is 4.70. The monoisotopic (exact) mass is 266 g/mol. The molecule has 0 fully saturated rings. The Morgan fingerprint density at radius 2 is 2.05 bits per heavy atom. The third kappa shape index (κ3) is 3.43. The number of rotatable bonds is 6. The Morgan fingerprint density at radius 3 is 2.47 bits per heavy atom. The van der Waals surface area contributed by atoms with Gasteiger partial charge in [0.15, 0.2) is 5.78 Å². The van der Waals surface area contributed by atoms with Crippen molar-refractivity contribution in [2.24, 2.45) is 0 Å². The van der Waals surface area contributed by atoms with E-state index in [-0.39, 0.29) is 11.5 Å². The highest BCUT2D eigenvalue weighted by Crippen LogP contribution is 2.14. The number of hydrogen-bond acceptors (Lipinski definition) is 3. The summed E-state index contributed by atoms with van der Waals surface area (Å²) in [7, 11) is 0. The van der Waals surface area contributed by atoms with E-state index in [1.165, 1.54) is 26.1 Å². The smallest absolute Gasteiger partial charge is 0.329 e. The fourth-order valence-corrected chi connectivity index (χ4v) is 1.77. The molecule has 1 unspecified atom stereocenters. The Bertz CT molecular complexity index is 506. The van der Waals surface area contributed by atoms with E-state index in [9.17, 15) is 19.5 Å². The Hall–Kier alpha value is -2.11. The quantitative estimate of drug-likeness (QED) is 0.681. The summed E-state index contributed by atoms with van der Waals surface area (Å²) in [6.45, 7) is 4.70. The van der Waals surface area contributed by atoms with Gasteiger partial charge in [-0.05, 0) is 26.3 Å². The van der Waals surface area contributed by atoms with Crippen molar-refractivity contribution in [1.82, 2.24) is 10.3 Å². The third-order valence-corrected chi connectivity index (χ3v) is 2.95. The minimum absolute atomic E-state index is 0.162. The molecule has 0 saturated heterocycles. The molecule has 0 aliphatic carbocycles. The molecule has 0 spiro atoms. The minimum atomic E-state index is -1.31. The molecule has 1 aromatic heterocycles. The van der Waals surface area contributed by atoms with E-state index in [0.29, 0.717) is 18.4 Å². The number of carboxylic acids is 1. The second-order valence-electron chi connectivity index (χ2n) is 4.70. The summed E-state index contributed by atoms with van der Waals surface area (Å²) in [6, 6.07) is 1.41. The van der Waals surface area contributed by atoms with Crippen LogP contribution in [0.25, 0.3) is 0 Å². The Labute approximate surface area is 111 Å². The van der Waals surface area contributed by atoms with Crippen LogP contribution in [0.2, 0.25) is 0 Å². The average Bonchev–Trinajstić information content (AvgIpc) is 2.78. The van der Waals surface area contributed by atoms with E-state index in [0.717, 1.165) is 0 Å². The van der Waals surface area contributed by atoms with Gasteiger partial charge in [-0.25, -0.2) is 4.79 Å². The predicted molar refractivity (Wildman–Crippen MR) is 69.2 cm³/mol. The molecule has 0 radical (unpaired) electrons. The first-order valence-electron chi connectivity index (χ1n) is 6.05. The van der Waals surface area contributed by atoms with E-state index in [4.69, 9.17) is 0 Å². The molecule has 104 valence electrons. The summed E-state index contributed by atoms with van der Waals surface area (Å²) in [6.07, 6.45) is 2.38. The average molecular weight is 266 g/mol. The predicted octanol–water partition coefficient (Wildman–Crippen LogP) is 1.59. The second kappa shape index (κ2) is 5.69. The van der Waals surface area contributed by atoms with E-state index in [2.05, 4.69) is 10.3 Å². The van der Waals surface area contributed by atoms with Crippen LogP contribution in [-0.4, -0.2) is 33.3 Å². The van der Waals surface area contributed by atoms with E-state index in [1.54, 1.807) is 0 Å². The van der Waals surface area contributed by atoms with Crippen molar-refractivity contribution in [3.63, 3.8) is 0 Å². The highest BCUT2D eigenvalue weighted by Gasteiger charge is 2.34. The molecule has 0 aliphatic rings. The van der Waals surface area contributed by atoms with Crippen LogP contribution < -0.4 is 5.32 Å². The zero-order valence-corrected chi connectivity index (χ0v) is 11.2. The first kappa shape index (κ1) is 14.9. The molecule has 0 aromatic carbocycles. The van der Waals surface area contributed by atoms with Gasteiger partial charge in [0.25, 0.3) is 5.91 Å². The number of carbonyl (C=O) groups excluding carboxylic acids is 2. The zero-order valence-electron chi connectivity index (χ0n) is 11.2. The van der Waals surface area contributed by atoms with E-state index in [1.807, 2.05) is 6.92 Å². The number of H-pyrrole nitrogens is 1. The Balaban J connectivity index is 2.87. The van der Waals surface area contributed by atoms with Crippen molar-refractivity contribution in [1.29, 1.82) is 0 Å². The number of hydrogen-bond donors (Lipinski definition) is 3. The van der Waals surface area contributed by atoms with E-state index < -0.39 is 17.4 Å². The van der Waals surface area contributed by atoms with Crippen molar-refractivity contribution in [3.8, 4) is 0 Å². The number of aromatic nitrogens is 1. The van der Waals surface area contributed by atoms with Gasteiger partial charge in [-0.15, -0.1) is 0 Å². The Morgan fingerprint density at radius 1 is 1.42 bits per heavy atom. The third-order valence-electron chi connectivity index (χ3n) is 2.95. The molecular weight excluding hydrogens is 248 g/mol. The van der Waals surface area contributed by atoms with Crippen LogP contribution in [0.4, 0.5) is 0 Å². The number of carboxylic acid groups (broad SMARTS) is 1. The molecule has 1 aromatic rings. The molecule has 1 amide bonds. The molecule has 6 heteroatoms. The number of nitrogens with one attached hydrogen (secondary N) is 2. The van der Waals surface area contributed by atoms with Crippen molar-refractivity contribution >= 4 is 17.7 Å². The summed E-state index contributed by atoms with van der Waals surface area (Å²) in [4.78, 5) is 37.0. The van der Waals surface area contributed by atoms with Crippen LogP contribution in [0.3, 0.4) is 0 Å². The lowest BCUT2D eigenvalue weighted by atomic mass is 9.96. The van der Waals surface area contributed by atoms with Crippen LogP contribution in [0.5, 0.6) is 0 Å². The van der Waals surface area contributed by atoms with Crippen LogP contribution in [-0.2, 0) is 4.79 Å². The van der Waals surface area contributed by atoms with Crippen molar-refractivity contribution < 1.29 is 19.5 Å². The summed E-state index contributed by atoms with van der Waals surface area (Å²) in [5, 5.41) is 11.7. The largest absolute Gasteiger partial charge is 0.480 e. The fourth-order valence-electron chi connectivity index (χ4n) is 1.77. The van der Waals surface area contributed by atoms with Gasteiger partial charge in [0.05, 0.1) is 0 Å². The fraction of sp³-hybridized carbons (Fsp3) is 0.462.